The molecule has 106 valence electrons. The number of nitrogens with two attached hydrogens (primary N) is 1. The second kappa shape index (κ2) is 5.20. The van der Waals surface area contributed by atoms with Gasteiger partial charge in [-0.05, 0) is 36.5 Å². The van der Waals surface area contributed by atoms with Gasteiger partial charge in [-0.15, -0.1) is 0 Å². The van der Waals surface area contributed by atoms with E-state index in [2.05, 4.69) is 13.8 Å². The third kappa shape index (κ3) is 3.71. The SMILES string of the molecule is CN(C(=O)[C@H](N)C(C)(C)C)C1CCC(C)(C)CC1. The first-order valence-corrected chi connectivity index (χ1v) is 7.07. The molecule has 0 aromatic rings. The molecule has 1 amide bonds. The number of amides is 1. The Bertz CT molecular complexity index is 294. The number of nitrogens with zero attached hydrogens (tertiary/aromatic N) is 1. The van der Waals surface area contributed by atoms with E-state index in [4.69, 9.17) is 5.73 Å². The number of carbonyl (C=O) groups excluding carboxylic acids is 1. The van der Waals surface area contributed by atoms with Crippen molar-refractivity contribution >= 4 is 5.91 Å². The Morgan fingerprint density at radius 3 is 2.11 bits per heavy atom. The molecule has 18 heavy (non-hydrogen) atoms. The lowest BCUT2D eigenvalue weighted by Crippen LogP contribution is -2.52. The fourth-order valence-electron chi connectivity index (χ4n) is 2.54. The van der Waals surface area contributed by atoms with Crippen LogP contribution < -0.4 is 5.73 Å². The molecule has 3 nitrogen and oxygen atoms in total. The third-order valence-corrected chi connectivity index (χ3v) is 4.40. The fourth-order valence-corrected chi connectivity index (χ4v) is 2.54. The molecule has 0 spiro atoms. The lowest BCUT2D eigenvalue weighted by atomic mass is 9.75. The first-order valence-electron chi connectivity index (χ1n) is 7.07. The smallest absolute Gasteiger partial charge is 0.240 e. The molecule has 1 aliphatic rings. The van der Waals surface area contributed by atoms with E-state index in [9.17, 15) is 4.79 Å². The van der Waals surface area contributed by atoms with Gasteiger partial charge in [-0.3, -0.25) is 4.79 Å². The fraction of sp³-hybridized carbons (Fsp3) is 0.933. The Balaban J connectivity index is 2.61. The monoisotopic (exact) mass is 254 g/mol. The molecule has 0 bridgehead atoms. The van der Waals surface area contributed by atoms with Gasteiger partial charge in [0.25, 0.3) is 0 Å². The minimum Gasteiger partial charge on any atom is -0.341 e. The Kier molecular flexibility index (Phi) is 4.47. The van der Waals surface area contributed by atoms with Crippen molar-refractivity contribution in [1.29, 1.82) is 0 Å². The molecule has 0 heterocycles. The summed E-state index contributed by atoms with van der Waals surface area (Å²) in [5.41, 5.74) is 6.33. The number of carbonyl (C=O) groups is 1. The quantitative estimate of drug-likeness (QED) is 0.823. The van der Waals surface area contributed by atoms with Gasteiger partial charge in [-0.1, -0.05) is 34.6 Å². The molecule has 1 fully saturated rings. The Morgan fingerprint density at radius 1 is 1.28 bits per heavy atom. The van der Waals surface area contributed by atoms with Crippen LogP contribution in [-0.2, 0) is 4.79 Å². The Labute approximate surface area is 112 Å². The van der Waals surface area contributed by atoms with Crippen LogP contribution in [0.4, 0.5) is 0 Å². The highest BCUT2D eigenvalue weighted by Gasteiger charge is 2.35. The van der Waals surface area contributed by atoms with Gasteiger partial charge in [0.1, 0.15) is 0 Å². The molecule has 1 aliphatic carbocycles. The molecular weight excluding hydrogens is 224 g/mol. The van der Waals surface area contributed by atoms with E-state index in [1.54, 1.807) is 0 Å². The van der Waals surface area contributed by atoms with Crippen molar-refractivity contribution in [2.75, 3.05) is 7.05 Å². The molecule has 0 aromatic heterocycles. The number of rotatable bonds is 2. The van der Waals surface area contributed by atoms with Gasteiger partial charge in [-0.2, -0.15) is 0 Å². The van der Waals surface area contributed by atoms with Crippen LogP contribution in [0.5, 0.6) is 0 Å². The first kappa shape index (κ1) is 15.5. The zero-order valence-electron chi connectivity index (χ0n) is 12.9. The van der Waals surface area contributed by atoms with E-state index in [-0.39, 0.29) is 11.3 Å². The van der Waals surface area contributed by atoms with Gasteiger partial charge in [0.05, 0.1) is 6.04 Å². The van der Waals surface area contributed by atoms with Crippen LogP contribution in [0.15, 0.2) is 0 Å². The van der Waals surface area contributed by atoms with E-state index in [1.165, 1.54) is 12.8 Å². The van der Waals surface area contributed by atoms with E-state index < -0.39 is 6.04 Å². The summed E-state index contributed by atoms with van der Waals surface area (Å²) in [6.45, 7) is 10.7. The second-order valence-corrected chi connectivity index (χ2v) is 7.69. The Morgan fingerprint density at radius 2 is 1.72 bits per heavy atom. The normalized spacial score (nSPS) is 22.6. The van der Waals surface area contributed by atoms with Gasteiger partial charge in [0.15, 0.2) is 0 Å². The maximum absolute atomic E-state index is 12.4. The first-order chi connectivity index (χ1) is 8.04. The molecule has 0 radical (unpaired) electrons. The van der Waals surface area contributed by atoms with Crippen LogP contribution in [0.2, 0.25) is 0 Å². The summed E-state index contributed by atoms with van der Waals surface area (Å²) in [6, 6.07) is -0.0311. The molecule has 1 saturated carbocycles. The number of likely N-dealkylation sites (N-methyl/N-ethyl adjacent to an activating group) is 1. The van der Waals surface area contributed by atoms with Crippen molar-refractivity contribution < 1.29 is 4.79 Å². The zero-order valence-corrected chi connectivity index (χ0v) is 12.9. The van der Waals surface area contributed by atoms with Crippen molar-refractivity contribution in [2.24, 2.45) is 16.6 Å². The van der Waals surface area contributed by atoms with Gasteiger partial charge in [0, 0.05) is 13.1 Å². The summed E-state index contributed by atoms with van der Waals surface area (Å²) in [7, 11) is 1.91. The largest absolute Gasteiger partial charge is 0.341 e. The standard InChI is InChI=1S/C15H30N2O/c1-14(2,3)12(16)13(18)17(6)11-7-9-15(4,5)10-8-11/h11-12H,7-10,16H2,1-6H3/t12-/m0/s1. The van der Waals surface area contributed by atoms with E-state index in [0.717, 1.165) is 12.8 Å². The summed E-state index contributed by atoms with van der Waals surface area (Å²) >= 11 is 0. The molecule has 3 heteroatoms. The topological polar surface area (TPSA) is 46.3 Å². The molecule has 0 aliphatic heterocycles. The van der Waals surface area contributed by atoms with Gasteiger partial charge >= 0.3 is 0 Å². The van der Waals surface area contributed by atoms with Crippen LogP contribution >= 0.6 is 0 Å². The maximum Gasteiger partial charge on any atom is 0.240 e. The highest BCUT2D eigenvalue weighted by Crippen LogP contribution is 2.37. The van der Waals surface area contributed by atoms with Crippen LogP contribution in [0.25, 0.3) is 0 Å². The minimum absolute atomic E-state index is 0.0900. The zero-order chi connectivity index (χ0) is 14.1. The average molecular weight is 254 g/mol. The third-order valence-electron chi connectivity index (χ3n) is 4.40. The molecule has 0 aromatic carbocycles. The highest BCUT2D eigenvalue weighted by molar-refractivity contribution is 5.82. The van der Waals surface area contributed by atoms with Gasteiger partial charge < -0.3 is 10.6 Å². The molecule has 1 rings (SSSR count). The summed E-state index contributed by atoms with van der Waals surface area (Å²) in [4.78, 5) is 14.2. The molecule has 1 atom stereocenters. The summed E-state index contributed by atoms with van der Waals surface area (Å²) in [5, 5.41) is 0. The highest BCUT2D eigenvalue weighted by atomic mass is 16.2. The van der Waals surface area contributed by atoms with Crippen LogP contribution in [0, 0.1) is 10.8 Å². The predicted molar refractivity (Wildman–Crippen MR) is 76.2 cm³/mol. The predicted octanol–water partition coefficient (Wildman–Crippen LogP) is 2.79. The van der Waals surface area contributed by atoms with Crippen molar-refractivity contribution in [3.63, 3.8) is 0 Å². The van der Waals surface area contributed by atoms with Crippen LogP contribution in [0.3, 0.4) is 0 Å². The second-order valence-electron chi connectivity index (χ2n) is 7.69. The average Bonchev–Trinajstić information content (AvgIpc) is 2.25. The summed E-state index contributed by atoms with van der Waals surface area (Å²) in [5.74, 6) is 0.0900. The summed E-state index contributed by atoms with van der Waals surface area (Å²) < 4.78 is 0. The van der Waals surface area contributed by atoms with Crippen LogP contribution in [-0.4, -0.2) is 29.9 Å². The molecule has 2 N–H and O–H groups in total. The Hall–Kier alpha value is -0.570. The molecule has 0 unspecified atom stereocenters. The lowest BCUT2D eigenvalue weighted by Gasteiger charge is -2.40. The van der Waals surface area contributed by atoms with Crippen molar-refractivity contribution in [2.45, 2.75) is 72.4 Å². The van der Waals surface area contributed by atoms with Crippen molar-refractivity contribution in [3.8, 4) is 0 Å². The number of hydrogen-bond acceptors (Lipinski definition) is 2. The van der Waals surface area contributed by atoms with E-state index in [0.29, 0.717) is 11.5 Å². The minimum atomic E-state index is -0.405. The van der Waals surface area contributed by atoms with Gasteiger partial charge in [-0.25, -0.2) is 0 Å². The molecular formula is C15H30N2O. The lowest BCUT2D eigenvalue weighted by molar-refractivity contribution is -0.136. The van der Waals surface area contributed by atoms with Crippen molar-refractivity contribution in [3.05, 3.63) is 0 Å². The van der Waals surface area contributed by atoms with Crippen molar-refractivity contribution in [1.82, 2.24) is 4.90 Å². The van der Waals surface area contributed by atoms with E-state index in [1.807, 2.05) is 32.7 Å². The maximum atomic E-state index is 12.4. The molecule has 0 saturated heterocycles. The van der Waals surface area contributed by atoms with E-state index >= 15 is 0 Å². The number of hydrogen-bond donors (Lipinski definition) is 1. The summed E-state index contributed by atoms with van der Waals surface area (Å²) in [6.07, 6.45) is 4.60. The van der Waals surface area contributed by atoms with Gasteiger partial charge in [0.2, 0.25) is 5.91 Å². The van der Waals surface area contributed by atoms with Crippen LogP contribution in [0.1, 0.15) is 60.3 Å².